The van der Waals surface area contributed by atoms with Crippen LogP contribution in [0.4, 0.5) is 20.3 Å². The largest absolute Gasteiger partial charge is 0.350 e. The smallest absolute Gasteiger partial charge is 0.243 e. The number of nitrogens with one attached hydrogen (secondary N) is 1. The molecule has 0 aliphatic heterocycles. The normalized spacial score (nSPS) is 10.5. The molecule has 2 heterocycles. The van der Waals surface area contributed by atoms with E-state index >= 15 is 0 Å². The van der Waals surface area contributed by atoms with Crippen molar-refractivity contribution in [3.8, 4) is 11.4 Å². The molecule has 0 spiro atoms. The van der Waals surface area contributed by atoms with Gasteiger partial charge in [-0.1, -0.05) is 0 Å². The molecule has 0 aliphatic rings. The Morgan fingerprint density at radius 3 is 2.41 bits per heavy atom. The SMILES string of the molecule is Cc1cc(N(C)CC(=O)Nc2cc(F)cc(F)c2)nc(-c2ccncc2)n1. The maximum Gasteiger partial charge on any atom is 0.243 e. The zero-order valence-corrected chi connectivity index (χ0v) is 14.8. The van der Waals surface area contributed by atoms with Crippen LogP contribution in [-0.4, -0.2) is 34.5 Å². The minimum atomic E-state index is -0.757. The molecule has 0 saturated heterocycles. The number of hydrogen-bond acceptors (Lipinski definition) is 5. The van der Waals surface area contributed by atoms with Crippen LogP contribution in [0.3, 0.4) is 0 Å². The van der Waals surface area contributed by atoms with Crippen molar-refractivity contribution in [3.05, 3.63) is 66.1 Å². The highest BCUT2D eigenvalue weighted by atomic mass is 19.1. The molecule has 3 rings (SSSR count). The van der Waals surface area contributed by atoms with E-state index < -0.39 is 17.5 Å². The summed E-state index contributed by atoms with van der Waals surface area (Å²) in [5.74, 6) is -0.870. The van der Waals surface area contributed by atoms with Gasteiger partial charge in [0.1, 0.15) is 17.5 Å². The first-order valence-electron chi connectivity index (χ1n) is 8.14. The van der Waals surface area contributed by atoms with Gasteiger partial charge in [0, 0.05) is 48.5 Å². The van der Waals surface area contributed by atoms with Crippen molar-refractivity contribution in [2.75, 3.05) is 23.8 Å². The summed E-state index contributed by atoms with van der Waals surface area (Å²) < 4.78 is 26.5. The Bertz CT molecular complexity index is 945. The maximum atomic E-state index is 13.2. The summed E-state index contributed by atoms with van der Waals surface area (Å²) in [4.78, 5) is 26.7. The summed E-state index contributed by atoms with van der Waals surface area (Å²) in [7, 11) is 1.70. The van der Waals surface area contributed by atoms with Crippen molar-refractivity contribution < 1.29 is 13.6 Å². The fraction of sp³-hybridized carbons (Fsp3) is 0.158. The monoisotopic (exact) mass is 369 g/mol. The number of pyridine rings is 1. The van der Waals surface area contributed by atoms with Crippen LogP contribution in [0.15, 0.2) is 48.8 Å². The van der Waals surface area contributed by atoms with Crippen molar-refractivity contribution in [2.45, 2.75) is 6.92 Å². The summed E-state index contributed by atoms with van der Waals surface area (Å²) in [5.41, 5.74) is 1.61. The van der Waals surface area contributed by atoms with Crippen LogP contribution in [0.2, 0.25) is 0 Å². The Kier molecular flexibility index (Phi) is 5.35. The van der Waals surface area contributed by atoms with Gasteiger partial charge in [0.05, 0.1) is 6.54 Å². The molecule has 1 N–H and O–H groups in total. The van der Waals surface area contributed by atoms with Gasteiger partial charge in [-0.3, -0.25) is 9.78 Å². The number of likely N-dealkylation sites (N-methyl/N-ethyl adjacent to an activating group) is 1. The van der Waals surface area contributed by atoms with E-state index in [1.165, 1.54) is 0 Å². The van der Waals surface area contributed by atoms with E-state index in [-0.39, 0.29) is 12.2 Å². The van der Waals surface area contributed by atoms with Gasteiger partial charge in [0.25, 0.3) is 0 Å². The zero-order chi connectivity index (χ0) is 19.4. The predicted octanol–water partition coefficient (Wildman–Crippen LogP) is 3.20. The van der Waals surface area contributed by atoms with Crippen LogP contribution in [0.25, 0.3) is 11.4 Å². The third-order valence-corrected chi connectivity index (χ3v) is 3.70. The Morgan fingerprint density at radius 2 is 1.74 bits per heavy atom. The first-order chi connectivity index (χ1) is 12.9. The lowest BCUT2D eigenvalue weighted by molar-refractivity contribution is -0.114. The van der Waals surface area contributed by atoms with E-state index in [0.29, 0.717) is 11.6 Å². The number of halogens is 2. The van der Waals surface area contributed by atoms with Crippen LogP contribution in [0.1, 0.15) is 5.69 Å². The quantitative estimate of drug-likeness (QED) is 0.748. The van der Waals surface area contributed by atoms with Gasteiger partial charge in [0.15, 0.2) is 5.82 Å². The molecule has 3 aromatic rings. The lowest BCUT2D eigenvalue weighted by Crippen LogP contribution is -2.30. The molecule has 6 nitrogen and oxygen atoms in total. The van der Waals surface area contributed by atoms with Crippen molar-refractivity contribution in [1.29, 1.82) is 0 Å². The number of carbonyl (C=O) groups is 1. The van der Waals surface area contributed by atoms with Gasteiger partial charge in [0.2, 0.25) is 5.91 Å². The minimum Gasteiger partial charge on any atom is -0.350 e. The van der Waals surface area contributed by atoms with Crippen LogP contribution < -0.4 is 10.2 Å². The molecule has 1 amide bonds. The molecular weight excluding hydrogens is 352 g/mol. The van der Waals surface area contributed by atoms with Crippen molar-refractivity contribution >= 4 is 17.4 Å². The fourth-order valence-electron chi connectivity index (χ4n) is 2.50. The molecule has 0 atom stereocenters. The number of nitrogens with zero attached hydrogens (tertiary/aromatic N) is 4. The minimum absolute atomic E-state index is 0.0512. The van der Waals surface area contributed by atoms with E-state index in [9.17, 15) is 13.6 Å². The topological polar surface area (TPSA) is 71.0 Å². The first kappa shape index (κ1) is 18.4. The standard InChI is InChI=1S/C19H17F2N5O/c1-12-7-17(25-19(23-12)13-3-5-22-6-4-13)26(2)11-18(27)24-16-9-14(20)8-15(21)10-16/h3-10H,11H2,1-2H3,(H,24,27). The molecule has 0 bridgehead atoms. The lowest BCUT2D eigenvalue weighted by Gasteiger charge is -2.19. The van der Waals surface area contributed by atoms with E-state index in [2.05, 4.69) is 20.3 Å². The molecule has 2 aromatic heterocycles. The highest BCUT2D eigenvalue weighted by Crippen LogP contribution is 2.19. The number of hydrogen-bond donors (Lipinski definition) is 1. The van der Waals surface area contributed by atoms with Gasteiger partial charge in [-0.25, -0.2) is 18.7 Å². The molecule has 1 aromatic carbocycles. The van der Waals surface area contributed by atoms with Crippen molar-refractivity contribution in [3.63, 3.8) is 0 Å². The number of anilines is 2. The Hall–Kier alpha value is -3.42. The second-order valence-electron chi connectivity index (χ2n) is 5.99. The number of carbonyl (C=O) groups excluding carboxylic acids is 1. The van der Waals surface area contributed by atoms with E-state index in [1.54, 1.807) is 42.5 Å². The molecule has 0 fully saturated rings. The summed E-state index contributed by atoms with van der Waals surface area (Å²) in [6, 6.07) is 8.19. The van der Waals surface area contributed by atoms with Gasteiger partial charge >= 0.3 is 0 Å². The molecular formula is C19H17F2N5O. The van der Waals surface area contributed by atoms with Gasteiger partial charge < -0.3 is 10.2 Å². The summed E-state index contributed by atoms with van der Waals surface area (Å²) in [5, 5.41) is 2.47. The van der Waals surface area contributed by atoms with Crippen molar-refractivity contribution in [1.82, 2.24) is 15.0 Å². The summed E-state index contributed by atoms with van der Waals surface area (Å²) in [6.07, 6.45) is 3.30. The summed E-state index contributed by atoms with van der Waals surface area (Å²) in [6.45, 7) is 1.78. The Morgan fingerprint density at radius 1 is 1.07 bits per heavy atom. The zero-order valence-electron chi connectivity index (χ0n) is 14.8. The number of amides is 1. The van der Waals surface area contributed by atoms with Crippen LogP contribution in [-0.2, 0) is 4.79 Å². The van der Waals surface area contributed by atoms with Gasteiger partial charge in [-0.05, 0) is 31.2 Å². The van der Waals surface area contributed by atoms with Gasteiger partial charge in [-0.2, -0.15) is 0 Å². The predicted molar refractivity (Wildman–Crippen MR) is 98.3 cm³/mol. The van der Waals surface area contributed by atoms with E-state index in [4.69, 9.17) is 0 Å². The lowest BCUT2D eigenvalue weighted by atomic mass is 10.2. The highest BCUT2D eigenvalue weighted by molar-refractivity contribution is 5.93. The number of rotatable bonds is 5. The summed E-state index contributed by atoms with van der Waals surface area (Å²) >= 11 is 0. The van der Waals surface area contributed by atoms with Crippen LogP contribution in [0, 0.1) is 18.6 Å². The Balaban J connectivity index is 1.74. The molecule has 138 valence electrons. The third-order valence-electron chi connectivity index (χ3n) is 3.70. The van der Waals surface area contributed by atoms with Gasteiger partial charge in [-0.15, -0.1) is 0 Å². The molecule has 0 radical (unpaired) electrons. The molecule has 27 heavy (non-hydrogen) atoms. The molecule has 0 saturated carbocycles. The van der Waals surface area contributed by atoms with Crippen molar-refractivity contribution in [2.24, 2.45) is 0 Å². The highest BCUT2D eigenvalue weighted by Gasteiger charge is 2.13. The average Bonchev–Trinajstić information content (AvgIpc) is 2.61. The number of benzene rings is 1. The third kappa shape index (κ3) is 4.81. The average molecular weight is 369 g/mol. The van der Waals surface area contributed by atoms with E-state index in [1.807, 2.05) is 6.92 Å². The number of aryl methyl sites for hydroxylation is 1. The Labute approximate surface area is 154 Å². The molecule has 0 unspecified atom stereocenters. The first-order valence-corrected chi connectivity index (χ1v) is 8.14. The fourth-order valence-corrected chi connectivity index (χ4v) is 2.50. The molecule has 0 aliphatic carbocycles. The van der Waals surface area contributed by atoms with Crippen LogP contribution >= 0.6 is 0 Å². The molecule has 8 heteroatoms. The number of aromatic nitrogens is 3. The maximum absolute atomic E-state index is 13.2. The van der Waals surface area contributed by atoms with E-state index in [0.717, 1.165) is 29.5 Å². The second-order valence-corrected chi connectivity index (χ2v) is 5.99. The van der Waals surface area contributed by atoms with Crippen LogP contribution in [0.5, 0.6) is 0 Å². The second kappa shape index (κ2) is 7.86.